The first-order chi connectivity index (χ1) is 15.4. The molecule has 32 heavy (non-hydrogen) atoms. The first-order valence-electron chi connectivity index (χ1n) is 10.4. The van der Waals surface area contributed by atoms with E-state index in [1.54, 1.807) is 18.2 Å². The van der Waals surface area contributed by atoms with E-state index < -0.39 is 10.0 Å². The van der Waals surface area contributed by atoms with Gasteiger partial charge in [-0.15, -0.1) is 15.7 Å². The Bertz CT molecular complexity index is 1260. The number of fused-ring (bicyclic) bond motifs is 1. The van der Waals surface area contributed by atoms with E-state index in [0.717, 1.165) is 41.0 Å². The zero-order chi connectivity index (χ0) is 22.6. The number of anilines is 1. The molecule has 1 aliphatic rings. The summed E-state index contributed by atoms with van der Waals surface area (Å²) in [5.74, 6) is 0.212. The third-order valence-electron chi connectivity index (χ3n) is 5.15. The molecule has 0 radical (unpaired) electrons. The fourth-order valence-corrected chi connectivity index (χ4v) is 5.47. The van der Waals surface area contributed by atoms with Gasteiger partial charge in [0, 0.05) is 31.8 Å². The van der Waals surface area contributed by atoms with Crippen molar-refractivity contribution in [3.05, 3.63) is 59.6 Å². The van der Waals surface area contributed by atoms with E-state index in [4.69, 9.17) is 0 Å². The van der Waals surface area contributed by atoms with E-state index in [0.29, 0.717) is 17.9 Å². The molecule has 2 heterocycles. The van der Waals surface area contributed by atoms with Gasteiger partial charge in [0.25, 0.3) is 10.0 Å². The van der Waals surface area contributed by atoms with Gasteiger partial charge in [-0.25, -0.2) is 4.98 Å². The summed E-state index contributed by atoms with van der Waals surface area (Å²) in [5.41, 5.74) is 1.27. The van der Waals surface area contributed by atoms with Crippen molar-refractivity contribution in [1.29, 1.82) is 0 Å². The number of thiazole rings is 1. The fraction of sp³-hybridized carbons (Fsp3) is 0.261. The predicted molar refractivity (Wildman–Crippen MR) is 129 cm³/mol. The van der Waals surface area contributed by atoms with Gasteiger partial charge in [-0.1, -0.05) is 24.6 Å². The first-order valence-corrected chi connectivity index (χ1v) is 12.7. The molecule has 0 unspecified atom stereocenters. The number of hydrogen-bond acceptors (Lipinski definition) is 5. The molecule has 9 heteroatoms. The highest BCUT2D eigenvalue weighted by atomic mass is 32.2. The van der Waals surface area contributed by atoms with Crippen molar-refractivity contribution < 1.29 is 13.2 Å². The molecule has 1 saturated heterocycles. The maximum Gasteiger partial charge on any atom is 0.284 e. The van der Waals surface area contributed by atoms with E-state index >= 15 is 0 Å². The largest absolute Gasteiger partial charge is 0.362 e. The average molecular weight is 469 g/mol. The summed E-state index contributed by atoms with van der Waals surface area (Å²) in [6.45, 7) is 0.797. The van der Waals surface area contributed by atoms with Crippen LogP contribution in [0.4, 0.5) is 5.69 Å². The van der Waals surface area contributed by atoms with Crippen molar-refractivity contribution in [2.75, 3.05) is 18.9 Å². The van der Waals surface area contributed by atoms with Gasteiger partial charge in [0.2, 0.25) is 5.91 Å². The van der Waals surface area contributed by atoms with Crippen LogP contribution in [0.15, 0.2) is 63.9 Å². The van der Waals surface area contributed by atoms with Crippen molar-refractivity contribution in [2.45, 2.75) is 30.6 Å². The Hall–Kier alpha value is -3.04. The highest BCUT2D eigenvalue weighted by Gasteiger charge is 2.18. The maximum atomic E-state index is 12.8. The number of benzene rings is 2. The van der Waals surface area contributed by atoms with Crippen LogP contribution in [0.25, 0.3) is 16.3 Å². The molecule has 3 aromatic rings. The number of carbonyl (C=O) groups is 1. The smallest absolute Gasteiger partial charge is 0.284 e. The molecule has 166 valence electrons. The van der Waals surface area contributed by atoms with Crippen LogP contribution < -0.4 is 5.32 Å². The van der Waals surface area contributed by atoms with Gasteiger partial charge < -0.3 is 10.2 Å². The average Bonchev–Trinajstić information content (AvgIpc) is 3.09. The van der Waals surface area contributed by atoms with E-state index in [-0.39, 0.29) is 10.8 Å². The molecule has 0 aliphatic carbocycles. The molecule has 7 nitrogen and oxygen atoms in total. The zero-order valence-electron chi connectivity index (χ0n) is 17.7. The van der Waals surface area contributed by atoms with Gasteiger partial charge in [-0.2, -0.15) is 8.42 Å². The molecular formula is C23H24N4O3S2. The molecular weight excluding hydrogens is 444 g/mol. The van der Waals surface area contributed by atoms with Crippen LogP contribution in [0.1, 0.15) is 30.7 Å². The molecule has 1 fully saturated rings. The Labute approximate surface area is 191 Å². The van der Waals surface area contributed by atoms with Gasteiger partial charge in [-0.3, -0.25) is 4.79 Å². The van der Waals surface area contributed by atoms with Gasteiger partial charge >= 0.3 is 0 Å². The lowest BCUT2D eigenvalue weighted by molar-refractivity contribution is -0.111. The van der Waals surface area contributed by atoms with Crippen molar-refractivity contribution in [3.63, 3.8) is 0 Å². The van der Waals surface area contributed by atoms with Crippen LogP contribution in [0.2, 0.25) is 0 Å². The number of likely N-dealkylation sites (tertiary alicyclic amines) is 1. The molecule has 1 aromatic heterocycles. The van der Waals surface area contributed by atoms with Crippen molar-refractivity contribution in [1.82, 2.24) is 9.88 Å². The van der Waals surface area contributed by atoms with Gasteiger partial charge in [-0.05, 0) is 49.2 Å². The number of sulfonamides is 1. The number of nitrogens with one attached hydrogen (secondary N) is 1. The third-order valence-corrected chi connectivity index (χ3v) is 7.45. The summed E-state index contributed by atoms with van der Waals surface area (Å²) in [6.07, 6.45) is 6.70. The number of para-hydroxylation sites is 1. The molecule has 0 spiro atoms. The van der Waals surface area contributed by atoms with Crippen LogP contribution >= 0.6 is 11.3 Å². The summed E-state index contributed by atoms with van der Waals surface area (Å²) >= 11 is 1.49. The number of nitrogens with zero attached hydrogens (tertiary/aromatic N) is 3. The normalized spacial score (nSPS) is 16.5. The standard InChI is InChI=1S/C23H24N4O3S2/c1-27-15-6-2-3-12-21(27)26-32(29,30)18-9-7-8-17(16-18)24-22(28)13-14-23-25-19-10-4-5-11-20(19)31-23/h4-5,7-11,13-14,16H,2-3,6,12,15H2,1H3,(H,24,28). The lowest BCUT2D eigenvalue weighted by Gasteiger charge is -2.17. The number of amides is 1. The maximum absolute atomic E-state index is 12.8. The monoisotopic (exact) mass is 468 g/mol. The summed E-state index contributed by atoms with van der Waals surface area (Å²) < 4.78 is 30.8. The summed E-state index contributed by atoms with van der Waals surface area (Å²) in [4.78, 5) is 18.8. The minimum absolute atomic E-state index is 0.0515. The molecule has 4 rings (SSSR count). The zero-order valence-corrected chi connectivity index (χ0v) is 19.3. The van der Waals surface area contributed by atoms with Crippen LogP contribution in [-0.4, -0.2) is 43.6 Å². The predicted octanol–water partition coefficient (Wildman–Crippen LogP) is 4.54. The summed E-state index contributed by atoms with van der Waals surface area (Å²) in [6, 6.07) is 13.9. The third kappa shape index (κ3) is 5.41. The number of carbonyl (C=O) groups excluding carboxylic acids is 1. The molecule has 2 aromatic carbocycles. The minimum Gasteiger partial charge on any atom is -0.362 e. The number of amidine groups is 1. The topological polar surface area (TPSA) is 91.7 Å². The van der Waals surface area contributed by atoms with Crippen LogP contribution in [0.3, 0.4) is 0 Å². The van der Waals surface area contributed by atoms with Crippen LogP contribution in [0, 0.1) is 0 Å². The second-order valence-electron chi connectivity index (χ2n) is 7.59. The van der Waals surface area contributed by atoms with Crippen molar-refractivity contribution >= 4 is 55.1 Å². The van der Waals surface area contributed by atoms with Gasteiger partial charge in [0.05, 0.1) is 15.1 Å². The molecule has 1 aliphatic heterocycles. The van der Waals surface area contributed by atoms with Gasteiger partial charge in [0.15, 0.2) is 0 Å². The number of aromatic nitrogens is 1. The first kappa shape index (κ1) is 22.2. The molecule has 0 bridgehead atoms. The molecule has 0 saturated carbocycles. The molecule has 1 N–H and O–H groups in total. The highest BCUT2D eigenvalue weighted by molar-refractivity contribution is 7.90. The second kappa shape index (κ2) is 9.62. The quantitative estimate of drug-likeness (QED) is 0.555. The number of hydrogen-bond donors (Lipinski definition) is 1. The summed E-state index contributed by atoms with van der Waals surface area (Å²) in [5, 5.41) is 3.43. The molecule has 1 amide bonds. The Balaban J connectivity index is 1.47. The van der Waals surface area contributed by atoms with E-state index in [2.05, 4.69) is 14.7 Å². The number of rotatable bonds is 5. The lowest BCUT2D eigenvalue weighted by Crippen LogP contribution is -2.26. The Morgan fingerprint density at radius 2 is 2.00 bits per heavy atom. The lowest BCUT2D eigenvalue weighted by atomic mass is 10.2. The highest BCUT2D eigenvalue weighted by Crippen LogP contribution is 2.23. The minimum atomic E-state index is -3.87. The van der Waals surface area contributed by atoms with E-state index in [1.165, 1.54) is 29.5 Å². The van der Waals surface area contributed by atoms with Crippen LogP contribution in [0.5, 0.6) is 0 Å². The summed E-state index contributed by atoms with van der Waals surface area (Å²) in [7, 11) is -2.00. The molecule has 0 atom stereocenters. The SMILES string of the molecule is CN1CCCCCC1=NS(=O)(=O)c1cccc(NC(=O)C=Cc2nc3ccccc3s2)c1. The Morgan fingerprint density at radius 3 is 2.84 bits per heavy atom. The van der Waals surface area contributed by atoms with Crippen molar-refractivity contribution in [3.8, 4) is 0 Å². The fourth-order valence-electron chi connectivity index (χ4n) is 3.46. The van der Waals surface area contributed by atoms with Gasteiger partial charge in [0.1, 0.15) is 10.8 Å². The Kier molecular flexibility index (Phi) is 6.66. The van der Waals surface area contributed by atoms with E-state index in [9.17, 15) is 13.2 Å². The second-order valence-corrected chi connectivity index (χ2v) is 10.3. The van der Waals surface area contributed by atoms with Crippen molar-refractivity contribution in [2.24, 2.45) is 4.40 Å². The van der Waals surface area contributed by atoms with Crippen LogP contribution in [-0.2, 0) is 14.8 Å². The Morgan fingerprint density at radius 1 is 1.16 bits per heavy atom. The van der Waals surface area contributed by atoms with E-state index in [1.807, 2.05) is 36.2 Å².